The molecule has 3 rings (SSSR count). The van der Waals surface area contributed by atoms with Gasteiger partial charge in [-0.05, 0) is 34.5 Å². The third kappa shape index (κ3) is 2.54. The third-order valence-corrected chi connectivity index (χ3v) is 4.38. The fraction of sp³-hybridized carbons (Fsp3) is 0.267. The summed E-state index contributed by atoms with van der Waals surface area (Å²) in [6, 6.07) is 11.3. The lowest BCUT2D eigenvalue weighted by atomic mass is 10.1. The monoisotopic (exact) mass is 272 g/mol. The lowest BCUT2D eigenvalue weighted by Crippen LogP contribution is -2.32. The van der Waals surface area contributed by atoms with Crippen LogP contribution in [0.3, 0.4) is 0 Å². The van der Waals surface area contributed by atoms with E-state index in [0.29, 0.717) is 0 Å². The highest BCUT2D eigenvalue weighted by atomic mass is 32.2. The molecule has 0 atom stereocenters. The molecule has 1 fully saturated rings. The number of rotatable bonds is 2. The molecule has 2 aromatic rings. The number of carbonyl (C=O) groups excluding carboxylic acids is 1. The molecule has 1 heterocycles. The van der Waals surface area contributed by atoms with Crippen molar-refractivity contribution < 1.29 is 9.90 Å². The molecular weight excluding hydrogens is 258 g/mol. The Balaban J connectivity index is 1.97. The number of carboxylic acid groups (broad SMARTS) is 1. The van der Waals surface area contributed by atoms with Gasteiger partial charge in [-0.1, -0.05) is 18.2 Å². The van der Waals surface area contributed by atoms with Crippen LogP contribution in [0.2, 0.25) is 0 Å². The summed E-state index contributed by atoms with van der Waals surface area (Å²) in [5, 5.41) is 12.8. The number of carbonyl (C=O) groups is 1. The third-order valence-electron chi connectivity index (χ3n) is 3.44. The van der Waals surface area contributed by atoms with E-state index in [-0.39, 0.29) is 5.56 Å². The van der Waals surface area contributed by atoms with Crippen LogP contribution in [-0.4, -0.2) is 30.6 Å². The van der Waals surface area contributed by atoms with Gasteiger partial charge in [-0.15, -0.1) is 0 Å². The maximum Gasteiger partial charge on any atom is 0.0715 e. The smallest absolute Gasteiger partial charge is 0.0715 e. The second-order valence-electron chi connectivity index (χ2n) is 4.63. The number of fused-ring (bicyclic) bond motifs is 1. The molecule has 0 N–H and O–H groups in total. The number of benzene rings is 2. The van der Waals surface area contributed by atoms with Gasteiger partial charge in [0, 0.05) is 30.3 Å². The molecule has 4 heteroatoms. The number of thioether (sulfide) groups is 1. The molecule has 1 aliphatic rings. The summed E-state index contributed by atoms with van der Waals surface area (Å²) in [5.74, 6) is 1.21. The maximum absolute atomic E-state index is 10.8. The van der Waals surface area contributed by atoms with Crippen LogP contribution < -0.4 is 10.0 Å². The van der Waals surface area contributed by atoms with Crippen LogP contribution in [0.4, 0.5) is 5.69 Å². The number of hydrogen-bond donors (Lipinski definition) is 0. The Bertz CT molecular complexity index is 621. The van der Waals surface area contributed by atoms with Crippen LogP contribution in [0, 0.1) is 0 Å². The SMILES string of the molecule is O=C([O-])c1ccc2cc(N3CCSCC3)ccc2c1. The molecule has 0 aromatic heterocycles. The van der Waals surface area contributed by atoms with E-state index in [4.69, 9.17) is 0 Å². The largest absolute Gasteiger partial charge is 0.545 e. The van der Waals surface area contributed by atoms with Crippen molar-refractivity contribution >= 4 is 34.2 Å². The Hall–Kier alpha value is -1.68. The van der Waals surface area contributed by atoms with E-state index in [0.717, 1.165) is 23.9 Å². The van der Waals surface area contributed by atoms with Gasteiger partial charge in [-0.2, -0.15) is 11.8 Å². The van der Waals surface area contributed by atoms with Crippen molar-refractivity contribution in [3.05, 3.63) is 42.0 Å². The van der Waals surface area contributed by atoms with E-state index in [1.165, 1.54) is 17.2 Å². The van der Waals surface area contributed by atoms with Crippen LogP contribution in [0.25, 0.3) is 10.8 Å². The minimum atomic E-state index is -1.13. The van der Waals surface area contributed by atoms with Crippen molar-refractivity contribution in [3.8, 4) is 0 Å². The quantitative estimate of drug-likeness (QED) is 0.835. The molecule has 0 aliphatic carbocycles. The van der Waals surface area contributed by atoms with Crippen LogP contribution in [-0.2, 0) is 0 Å². The molecule has 0 unspecified atom stereocenters. The molecule has 2 aromatic carbocycles. The van der Waals surface area contributed by atoms with Crippen LogP contribution in [0.1, 0.15) is 10.4 Å². The van der Waals surface area contributed by atoms with Gasteiger partial charge in [0.05, 0.1) is 5.97 Å². The van der Waals surface area contributed by atoms with Crippen molar-refractivity contribution in [2.24, 2.45) is 0 Å². The molecule has 0 radical (unpaired) electrons. The predicted octanol–water partition coefficient (Wildman–Crippen LogP) is 1.76. The first-order valence-electron chi connectivity index (χ1n) is 6.32. The Labute approximate surface area is 116 Å². The first-order chi connectivity index (χ1) is 9.24. The van der Waals surface area contributed by atoms with Gasteiger partial charge in [0.2, 0.25) is 0 Å². The first-order valence-corrected chi connectivity index (χ1v) is 7.47. The minimum Gasteiger partial charge on any atom is -0.545 e. The van der Waals surface area contributed by atoms with E-state index in [9.17, 15) is 9.90 Å². The Morgan fingerprint density at radius 3 is 2.47 bits per heavy atom. The van der Waals surface area contributed by atoms with Crippen molar-refractivity contribution in [1.82, 2.24) is 0 Å². The van der Waals surface area contributed by atoms with Gasteiger partial charge in [0.1, 0.15) is 0 Å². The number of aromatic carboxylic acids is 1. The van der Waals surface area contributed by atoms with Gasteiger partial charge in [-0.25, -0.2) is 0 Å². The summed E-state index contributed by atoms with van der Waals surface area (Å²) >= 11 is 1.99. The molecule has 1 saturated heterocycles. The maximum atomic E-state index is 10.8. The normalized spacial score (nSPS) is 15.7. The molecule has 19 heavy (non-hydrogen) atoms. The van der Waals surface area contributed by atoms with Crippen LogP contribution in [0.15, 0.2) is 36.4 Å². The predicted molar refractivity (Wildman–Crippen MR) is 77.8 cm³/mol. The number of carboxylic acids is 1. The molecule has 0 bridgehead atoms. The van der Waals surface area contributed by atoms with E-state index in [1.54, 1.807) is 12.1 Å². The zero-order chi connectivity index (χ0) is 13.2. The minimum absolute atomic E-state index is 0.231. The summed E-state index contributed by atoms with van der Waals surface area (Å²) in [7, 11) is 0. The molecule has 0 spiro atoms. The van der Waals surface area contributed by atoms with Crippen LogP contribution in [0.5, 0.6) is 0 Å². The van der Waals surface area contributed by atoms with Crippen LogP contribution >= 0.6 is 11.8 Å². The fourth-order valence-corrected chi connectivity index (χ4v) is 3.28. The van der Waals surface area contributed by atoms with Crippen molar-refractivity contribution in [2.75, 3.05) is 29.5 Å². The average molecular weight is 272 g/mol. The lowest BCUT2D eigenvalue weighted by Gasteiger charge is -2.28. The molecule has 0 amide bonds. The summed E-state index contributed by atoms with van der Waals surface area (Å²) in [4.78, 5) is 13.2. The van der Waals surface area contributed by atoms with Gasteiger partial charge >= 0.3 is 0 Å². The second kappa shape index (κ2) is 5.13. The fourth-order valence-electron chi connectivity index (χ4n) is 2.38. The lowest BCUT2D eigenvalue weighted by molar-refractivity contribution is -0.255. The van der Waals surface area contributed by atoms with Crippen molar-refractivity contribution in [2.45, 2.75) is 0 Å². The molecule has 1 aliphatic heterocycles. The van der Waals surface area contributed by atoms with Gasteiger partial charge in [-0.3, -0.25) is 0 Å². The summed E-state index contributed by atoms with van der Waals surface area (Å²) in [5.41, 5.74) is 1.45. The number of anilines is 1. The van der Waals surface area contributed by atoms with E-state index in [1.807, 2.05) is 23.9 Å². The summed E-state index contributed by atoms with van der Waals surface area (Å²) in [6.45, 7) is 2.15. The number of hydrogen-bond acceptors (Lipinski definition) is 4. The highest BCUT2D eigenvalue weighted by Gasteiger charge is 2.11. The zero-order valence-electron chi connectivity index (χ0n) is 10.5. The van der Waals surface area contributed by atoms with Gasteiger partial charge in [0.25, 0.3) is 0 Å². The first kappa shape index (κ1) is 12.4. The van der Waals surface area contributed by atoms with E-state index in [2.05, 4.69) is 17.0 Å². The van der Waals surface area contributed by atoms with Crippen molar-refractivity contribution in [1.29, 1.82) is 0 Å². The standard InChI is InChI=1S/C15H15NO2S/c17-15(18)13-2-1-12-10-14(4-3-11(12)9-13)16-5-7-19-8-6-16/h1-4,9-10H,5-8H2,(H,17,18)/p-1. The molecule has 98 valence electrons. The second-order valence-corrected chi connectivity index (χ2v) is 5.86. The summed E-state index contributed by atoms with van der Waals surface area (Å²) in [6.07, 6.45) is 0. The Kier molecular flexibility index (Phi) is 3.34. The topological polar surface area (TPSA) is 43.4 Å². The average Bonchev–Trinajstić information content (AvgIpc) is 2.47. The van der Waals surface area contributed by atoms with Crippen molar-refractivity contribution in [3.63, 3.8) is 0 Å². The van der Waals surface area contributed by atoms with Gasteiger partial charge < -0.3 is 14.8 Å². The molecular formula is C15H14NO2S-. The van der Waals surface area contributed by atoms with Gasteiger partial charge in [0.15, 0.2) is 0 Å². The Morgan fingerprint density at radius 2 is 1.74 bits per heavy atom. The number of nitrogens with zero attached hydrogens (tertiary/aromatic N) is 1. The highest BCUT2D eigenvalue weighted by Crippen LogP contribution is 2.25. The molecule has 0 saturated carbocycles. The summed E-state index contributed by atoms with van der Waals surface area (Å²) < 4.78 is 0. The highest BCUT2D eigenvalue weighted by molar-refractivity contribution is 7.99. The van der Waals surface area contributed by atoms with E-state index >= 15 is 0 Å². The molecule has 3 nitrogen and oxygen atoms in total. The van der Waals surface area contributed by atoms with E-state index < -0.39 is 5.97 Å². The zero-order valence-corrected chi connectivity index (χ0v) is 11.3. The Morgan fingerprint density at radius 1 is 1.05 bits per heavy atom.